The number of carbonyl (C=O) groups is 1. The van der Waals surface area contributed by atoms with E-state index in [-0.39, 0.29) is 6.42 Å². The zero-order valence-corrected chi connectivity index (χ0v) is 12.3. The number of hydrogen-bond acceptors (Lipinski definition) is 3. The molecule has 0 amide bonds. The topological polar surface area (TPSA) is 69.6 Å². The Morgan fingerprint density at radius 1 is 1.35 bits per heavy atom. The average Bonchev–Trinajstić information content (AvgIpc) is 2.32. The van der Waals surface area contributed by atoms with Crippen molar-refractivity contribution >= 4 is 5.97 Å². The first-order valence-electron chi connectivity index (χ1n) is 6.68. The molecule has 0 saturated carbocycles. The molecule has 3 N–H and O–H groups in total. The Hall–Kier alpha value is -1.65. The van der Waals surface area contributed by atoms with Crippen molar-refractivity contribution in [3.8, 4) is 0 Å². The molecule has 0 heterocycles. The van der Waals surface area contributed by atoms with Crippen LogP contribution in [-0.4, -0.2) is 28.8 Å². The molecule has 0 spiro atoms. The molecule has 1 aromatic carbocycles. The van der Waals surface area contributed by atoms with E-state index in [0.29, 0.717) is 6.54 Å². The van der Waals surface area contributed by atoms with Gasteiger partial charge in [0.2, 0.25) is 0 Å². The van der Waals surface area contributed by atoms with Gasteiger partial charge in [0.15, 0.2) is 0 Å². The van der Waals surface area contributed by atoms with E-state index in [0.717, 1.165) is 22.3 Å². The molecule has 1 rings (SSSR count). The molecule has 0 fully saturated rings. The first kappa shape index (κ1) is 16.4. The van der Waals surface area contributed by atoms with E-state index in [1.165, 1.54) is 0 Å². The first-order chi connectivity index (χ1) is 9.36. The standard InChI is InChI=1S/C16H23NO3/c1-5-6-17-13(9-14(18)19)16(20)15-11(3)7-10(2)8-12(15)4/h5,7-8,13,16-17,20H,1,6,9H2,2-4H3,(H,18,19). The van der Waals surface area contributed by atoms with Crippen LogP contribution in [0.5, 0.6) is 0 Å². The number of hydrogen-bond donors (Lipinski definition) is 3. The summed E-state index contributed by atoms with van der Waals surface area (Å²) >= 11 is 0. The van der Waals surface area contributed by atoms with Crippen molar-refractivity contribution in [2.75, 3.05) is 6.54 Å². The smallest absolute Gasteiger partial charge is 0.305 e. The van der Waals surface area contributed by atoms with E-state index in [1.807, 2.05) is 32.9 Å². The van der Waals surface area contributed by atoms with Gasteiger partial charge in [0.25, 0.3) is 0 Å². The molecule has 0 bridgehead atoms. The number of benzene rings is 1. The van der Waals surface area contributed by atoms with Gasteiger partial charge in [-0.2, -0.15) is 0 Å². The number of aliphatic hydroxyl groups is 1. The monoisotopic (exact) mass is 277 g/mol. The molecular weight excluding hydrogens is 254 g/mol. The quantitative estimate of drug-likeness (QED) is 0.669. The van der Waals surface area contributed by atoms with Gasteiger partial charge in [0, 0.05) is 12.6 Å². The second kappa shape index (κ2) is 7.22. The Kier molecular flexibility index (Phi) is 5.92. The Balaban J connectivity index is 3.07. The Morgan fingerprint density at radius 2 is 1.90 bits per heavy atom. The third kappa shape index (κ3) is 4.18. The molecule has 1 aromatic rings. The van der Waals surface area contributed by atoms with E-state index in [4.69, 9.17) is 5.11 Å². The number of carboxylic acids is 1. The van der Waals surface area contributed by atoms with E-state index in [2.05, 4.69) is 11.9 Å². The SMILES string of the molecule is C=CCNC(CC(=O)O)C(O)c1c(C)cc(C)cc1C. The molecule has 2 atom stereocenters. The highest BCUT2D eigenvalue weighted by molar-refractivity contribution is 5.67. The van der Waals surface area contributed by atoms with Crippen LogP contribution in [0.25, 0.3) is 0 Å². The maximum Gasteiger partial charge on any atom is 0.305 e. The van der Waals surface area contributed by atoms with Crippen LogP contribution in [0.3, 0.4) is 0 Å². The molecule has 0 aromatic heterocycles. The fourth-order valence-corrected chi connectivity index (χ4v) is 2.58. The Bertz CT molecular complexity index is 473. The second-order valence-electron chi connectivity index (χ2n) is 5.16. The minimum absolute atomic E-state index is 0.137. The van der Waals surface area contributed by atoms with Crippen molar-refractivity contribution in [1.29, 1.82) is 0 Å². The molecule has 4 nitrogen and oxygen atoms in total. The van der Waals surface area contributed by atoms with Crippen molar-refractivity contribution in [1.82, 2.24) is 5.32 Å². The lowest BCUT2D eigenvalue weighted by molar-refractivity contribution is -0.138. The molecular formula is C16H23NO3. The first-order valence-corrected chi connectivity index (χ1v) is 6.68. The zero-order valence-electron chi connectivity index (χ0n) is 12.3. The summed E-state index contributed by atoms with van der Waals surface area (Å²) in [5.41, 5.74) is 3.89. The number of rotatable bonds is 7. The summed E-state index contributed by atoms with van der Waals surface area (Å²) in [6, 6.07) is 3.46. The lowest BCUT2D eigenvalue weighted by atomic mass is 9.91. The molecule has 110 valence electrons. The van der Waals surface area contributed by atoms with E-state index >= 15 is 0 Å². The van der Waals surface area contributed by atoms with E-state index in [9.17, 15) is 9.90 Å². The van der Waals surface area contributed by atoms with Crippen LogP contribution >= 0.6 is 0 Å². The van der Waals surface area contributed by atoms with Crippen molar-refractivity contribution in [3.05, 3.63) is 47.0 Å². The van der Waals surface area contributed by atoms with Crippen LogP contribution in [0.2, 0.25) is 0 Å². The van der Waals surface area contributed by atoms with E-state index in [1.54, 1.807) is 6.08 Å². The van der Waals surface area contributed by atoms with Crippen LogP contribution in [0.4, 0.5) is 0 Å². The minimum atomic E-state index is -0.937. The summed E-state index contributed by atoms with van der Waals surface area (Å²) in [4.78, 5) is 11.0. The minimum Gasteiger partial charge on any atom is -0.481 e. The van der Waals surface area contributed by atoms with Gasteiger partial charge in [-0.15, -0.1) is 6.58 Å². The molecule has 4 heteroatoms. The van der Waals surface area contributed by atoms with Gasteiger partial charge in [-0.3, -0.25) is 4.79 Å². The van der Waals surface area contributed by atoms with Crippen LogP contribution in [0.1, 0.15) is 34.8 Å². The summed E-state index contributed by atoms with van der Waals surface area (Å²) < 4.78 is 0. The highest BCUT2D eigenvalue weighted by Crippen LogP contribution is 2.27. The summed E-state index contributed by atoms with van der Waals surface area (Å²) in [5, 5.41) is 22.6. The van der Waals surface area contributed by atoms with Crippen molar-refractivity contribution in [3.63, 3.8) is 0 Å². The summed E-state index contributed by atoms with van der Waals surface area (Å²) in [7, 11) is 0. The molecule has 20 heavy (non-hydrogen) atoms. The lowest BCUT2D eigenvalue weighted by Gasteiger charge is -2.25. The van der Waals surface area contributed by atoms with E-state index < -0.39 is 18.1 Å². The van der Waals surface area contributed by atoms with Crippen molar-refractivity contribution in [2.45, 2.75) is 39.3 Å². The van der Waals surface area contributed by atoms with Gasteiger partial charge >= 0.3 is 5.97 Å². The van der Waals surface area contributed by atoms with Crippen LogP contribution in [-0.2, 0) is 4.79 Å². The third-order valence-electron chi connectivity index (χ3n) is 3.33. The van der Waals surface area contributed by atoms with Crippen molar-refractivity contribution in [2.24, 2.45) is 0 Å². The molecule has 0 aliphatic carbocycles. The molecule has 0 aliphatic rings. The zero-order chi connectivity index (χ0) is 15.3. The largest absolute Gasteiger partial charge is 0.481 e. The highest BCUT2D eigenvalue weighted by atomic mass is 16.4. The van der Waals surface area contributed by atoms with Crippen LogP contribution in [0, 0.1) is 20.8 Å². The Labute approximate surface area is 120 Å². The van der Waals surface area contributed by atoms with Gasteiger partial charge in [-0.1, -0.05) is 23.8 Å². The predicted octanol–water partition coefficient (Wildman–Crippen LogP) is 2.26. The van der Waals surface area contributed by atoms with Gasteiger partial charge in [0.1, 0.15) is 0 Å². The summed E-state index contributed by atoms with van der Waals surface area (Å²) in [6.07, 6.45) is 0.657. The van der Waals surface area contributed by atoms with Gasteiger partial charge < -0.3 is 15.5 Å². The van der Waals surface area contributed by atoms with Crippen LogP contribution in [0.15, 0.2) is 24.8 Å². The second-order valence-corrected chi connectivity index (χ2v) is 5.16. The third-order valence-corrected chi connectivity index (χ3v) is 3.33. The molecule has 2 unspecified atom stereocenters. The summed E-state index contributed by atoms with van der Waals surface area (Å²) in [5.74, 6) is -0.937. The maximum absolute atomic E-state index is 11.0. The predicted molar refractivity (Wildman–Crippen MR) is 79.9 cm³/mol. The van der Waals surface area contributed by atoms with Gasteiger partial charge in [-0.25, -0.2) is 0 Å². The number of aliphatic hydroxyl groups excluding tert-OH is 1. The fraction of sp³-hybridized carbons (Fsp3) is 0.438. The van der Waals surface area contributed by atoms with Crippen molar-refractivity contribution < 1.29 is 15.0 Å². The number of carboxylic acid groups (broad SMARTS) is 1. The fourth-order valence-electron chi connectivity index (χ4n) is 2.58. The normalized spacial score (nSPS) is 13.8. The van der Waals surface area contributed by atoms with Crippen LogP contribution < -0.4 is 5.32 Å². The highest BCUT2D eigenvalue weighted by Gasteiger charge is 2.25. The number of aryl methyl sites for hydroxylation is 3. The summed E-state index contributed by atoms with van der Waals surface area (Å²) in [6.45, 7) is 9.93. The molecule has 0 aliphatic heterocycles. The lowest BCUT2D eigenvalue weighted by Crippen LogP contribution is -2.37. The van der Waals surface area contributed by atoms with Gasteiger partial charge in [0.05, 0.1) is 12.5 Å². The molecule has 0 saturated heterocycles. The number of aliphatic carboxylic acids is 1. The number of nitrogens with one attached hydrogen (secondary N) is 1. The average molecular weight is 277 g/mol. The Morgan fingerprint density at radius 3 is 2.35 bits per heavy atom. The van der Waals surface area contributed by atoms with Gasteiger partial charge in [-0.05, 0) is 37.5 Å². The molecule has 0 radical (unpaired) electrons. The maximum atomic E-state index is 11.0.